The second-order valence-corrected chi connectivity index (χ2v) is 3.09. The number of hydrogen-bond donors (Lipinski definition) is 2. The van der Waals surface area contributed by atoms with Gasteiger partial charge < -0.3 is 11.1 Å². The molecule has 1 aromatic heterocycles. The maximum Gasteiger partial charge on any atom is 0.147 e. The van der Waals surface area contributed by atoms with E-state index < -0.39 is 0 Å². The summed E-state index contributed by atoms with van der Waals surface area (Å²) in [6.45, 7) is 1.90. The summed E-state index contributed by atoms with van der Waals surface area (Å²) in [6, 6.07) is 1.91. The van der Waals surface area contributed by atoms with E-state index in [1.807, 2.05) is 20.0 Å². The number of aromatic nitrogens is 1. The Balaban J connectivity index is 3.21. The fraction of sp³-hybridized carbons (Fsp3) is 0.286. The van der Waals surface area contributed by atoms with Crippen molar-refractivity contribution in [3.8, 4) is 0 Å². The van der Waals surface area contributed by atoms with Gasteiger partial charge in [0.25, 0.3) is 0 Å². The summed E-state index contributed by atoms with van der Waals surface area (Å²) >= 11 is 3.36. The highest BCUT2D eigenvalue weighted by atomic mass is 79.9. The third-order valence-electron chi connectivity index (χ3n) is 1.45. The number of nitrogens with zero attached hydrogens (tertiary/aromatic N) is 1. The van der Waals surface area contributed by atoms with Crippen LogP contribution in [0, 0.1) is 6.92 Å². The van der Waals surface area contributed by atoms with Crippen LogP contribution in [0.1, 0.15) is 5.69 Å². The van der Waals surface area contributed by atoms with E-state index in [0.717, 1.165) is 15.9 Å². The minimum atomic E-state index is 0.535. The van der Waals surface area contributed by atoms with E-state index in [2.05, 4.69) is 26.2 Å². The molecule has 0 amide bonds. The summed E-state index contributed by atoms with van der Waals surface area (Å²) in [4.78, 5) is 4.11. The van der Waals surface area contributed by atoms with Crippen molar-refractivity contribution < 1.29 is 0 Å². The molecule has 0 aliphatic rings. The van der Waals surface area contributed by atoms with Crippen molar-refractivity contribution in [1.82, 2.24) is 4.98 Å². The van der Waals surface area contributed by atoms with E-state index in [4.69, 9.17) is 5.73 Å². The van der Waals surface area contributed by atoms with Gasteiger partial charge in [-0.3, -0.25) is 0 Å². The first kappa shape index (κ1) is 8.33. The summed E-state index contributed by atoms with van der Waals surface area (Å²) in [5.41, 5.74) is 7.36. The molecule has 0 saturated carbocycles. The molecule has 4 heteroatoms. The number of hydrogen-bond acceptors (Lipinski definition) is 3. The van der Waals surface area contributed by atoms with Gasteiger partial charge in [0.1, 0.15) is 5.82 Å². The second kappa shape index (κ2) is 3.09. The van der Waals surface area contributed by atoms with Crippen LogP contribution in [0.3, 0.4) is 0 Å². The number of aryl methyl sites for hydroxylation is 1. The van der Waals surface area contributed by atoms with E-state index in [-0.39, 0.29) is 0 Å². The van der Waals surface area contributed by atoms with E-state index in [1.165, 1.54) is 0 Å². The first-order valence-electron chi connectivity index (χ1n) is 3.25. The number of halogens is 1. The van der Waals surface area contributed by atoms with Crippen molar-refractivity contribution in [2.24, 2.45) is 0 Å². The fourth-order valence-electron chi connectivity index (χ4n) is 0.800. The Bertz CT molecular complexity index is 273. The van der Waals surface area contributed by atoms with Crippen LogP contribution in [0.4, 0.5) is 11.5 Å². The van der Waals surface area contributed by atoms with Gasteiger partial charge >= 0.3 is 0 Å². The average molecular weight is 216 g/mol. The van der Waals surface area contributed by atoms with Crippen LogP contribution in [0.15, 0.2) is 10.5 Å². The number of anilines is 2. The highest BCUT2D eigenvalue weighted by molar-refractivity contribution is 9.10. The van der Waals surface area contributed by atoms with Gasteiger partial charge in [0.15, 0.2) is 0 Å². The molecule has 0 fully saturated rings. The van der Waals surface area contributed by atoms with Crippen LogP contribution < -0.4 is 11.1 Å². The largest absolute Gasteiger partial charge is 0.385 e. The number of nitrogens with two attached hydrogens (primary N) is 1. The highest BCUT2D eigenvalue weighted by Gasteiger charge is 2.01. The molecule has 0 saturated heterocycles. The van der Waals surface area contributed by atoms with Crippen molar-refractivity contribution in [2.45, 2.75) is 6.92 Å². The third-order valence-corrected chi connectivity index (χ3v) is 2.25. The molecule has 0 aliphatic carbocycles. The maximum atomic E-state index is 5.61. The van der Waals surface area contributed by atoms with Crippen LogP contribution in [0.5, 0.6) is 0 Å². The number of nitrogens with one attached hydrogen (secondary N) is 1. The summed E-state index contributed by atoms with van der Waals surface area (Å²) in [5, 5.41) is 2.95. The third kappa shape index (κ3) is 1.63. The molecule has 0 bridgehead atoms. The van der Waals surface area contributed by atoms with E-state index >= 15 is 0 Å². The molecule has 0 spiro atoms. The molecule has 0 atom stereocenters. The lowest BCUT2D eigenvalue weighted by Crippen LogP contribution is -1.99. The lowest BCUT2D eigenvalue weighted by molar-refractivity contribution is 1.19. The Morgan fingerprint density at radius 2 is 2.27 bits per heavy atom. The zero-order valence-corrected chi connectivity index (χ0v) is 8.07. The topological polar surface area (TPSA) is 50.9 Å². The summed E-state index contributed by atoms with van der Waals surface area (Å²) in [6.07, 6.45) is 0. The Kier molecular flexibility index (Phi) is 2.34. The number of pyridine rings is 1. The molecular formula is C7H10BrN3. The minimum Gasteiger partial charge on any atom is -0.385 e. The quantitative estimate of drug-likeness (QED) is 0.752. The zero-order chi connectivity index (χ0) is 8.43. The fourth-order valence-corrected chi connectivity index (χ4v) is 1.12. The van der Waals surface area contributed by atoms with Crippen LogP contribution in [0.25, 0.3) is 0 Å². The summed E-state index contributed by atoms with van der Waals surface area (Å²) < 4.78 is 0.969. The lowest BCUT2D eigenvalue weighted by Gasteiger charge is -2.05. The van der Waals surface area contributed by atoms with Gasteiger partial charge in [0.2, 0.25) is 0 Å². The van der Waals surface area contributed by atoms with Gasteiger partial charge in [-0.1, -0.05) is 0 Å². The molecule has 1 aromatic rings. The molecule has 3 nitrogen and oxygen atoms in total. The molecule has 3 N–H and O–H groups in total. The van der Waals surface area contributed by atoms with Crippen molar-refractivity contribution in [3.63, 3.8) is 0 Å². The van der Waals surface area contributed by atoms with Crippen molar-refractivity contribution in [3.05, 3.63) is 16.2 Å². The van der Waals surface area contributed by atoms with Crippen LogP contribution in [-0.4, -0.2) is 12.0 Å². The first-order valence-corrected chi connectivity index (χ1v) is 4.05. The van der Waals surface area contributed by atoms with Gasteiger partial charge in [-0.2, -0.15) is 0 Å². The van der Waals surface area contributed by atoms with Gasteiger partial charge in [0, 0.05) is 11.5 Å². The molecule has 0 unspecified atom stereocenters. The minimum absolute atomic E-state index is 0.535. The molecule has 0 aliphatic heterocycles. The Labute approximate surface area is 74.1 Å². The van der Waals surface area contributed by atoms with Crippen LogP contribution in [-0.2, 0) is 0 Å². The average Bonchev–Trinajstić information content (AvgIpc) is 1.97. The van der Waals surface area contributed by atoms with Gasteiger partial charge in [0.05, 0.1) is 11.4 Å². The molecule has 1 heterocycles. The predicted octanol–water partition coefficient (Wildman–Crippen LogP) is 1.78. The first-order chi connectivity index (χ1) is 5.15. The normalized spacial score (nSPS) is 9.73. The summed E-state index contributed by atoms with van der Waals surface area (Å²) in [7, 11) is 1.81. The zero-order valence-electron chi connectivity index (χ0n) is 6.48. The van der Waals surface area contributed by atoms with Crippen molar-refractivity contribution >= 4 is 27.4 Å². The van der Waals surface area contributed by atoms with Crippen LogP contribution in [0.2, 0.25) is 0 Å². The molecule has 60 valence electrons. The smallest absolute Gasteiger partial charge is 0.147 e. The SMILES string of the molecule is CNc1cc(Br)c(C)nc1N. The molecular weight excluding hydrogens is 206 g/mol. The molecule has 11 heavy (non-hydrogen) atoms. The van der Waals surface area contributed by atoms with E-state index in [1.54, 1.807) is 0 Å². The Morgan fingerprint density at radius 3 is 2.82 bits per heavy atom. The summed E-state index contributed by atoms with van der Waals surface area (Å²) in [5.74, 6) is 0.535. The Hall–Kier alpha value is -0.770. The maximum absolute atomic E-state index is 5.61. The van der Waals surface area contributed by atoms with Gasteiger partial charge in [-0.25, -0.2) is 4.98 Å². The monoisotopic (exact) mass is 215 g/mol. The van der Waals surface area contributed by atoms with Crippen molar-refractivity contribution in [1.29, 1.82) is 0 Å². The van der Waals surface area contributed by atoms with E-state index in [9.17, 15) is 0 Å². The Morgan fingerprint density at radius 1 is 1.64 bits per heavy atom. The number of rotatable bonds is 1. The highest BCUT2D eigenvalue weighted by Crippen LogP contribution is 2.23. The second-order valence-electron chi connectivity index (χ2n) is 2.24. The van der Waals surface area contributed by atoms with E-state index in [0.29, 0.717) is 5.82 Å². The molecule has 0 radical (unpaired) electrons. The van der Waals surface area contributed by atoms with Crippen LogP contribution >= 0.6 is 15.9 Å². The molecule has 1 rings (SSSR count). The standard InChI is InChI=1S/C7H10BrN3/c1-4-5(8)3-6(10-2)7(9)11-4/h3,10H,1-2H3,(H2,9,11). The number of nitrogen functional groups attached to an aromatic ring is 1. The van der Waals surface area contributed by atoms with Gasteiger partial charge in [-0.15, -0.1) is 0 Å². The van der Waals surface area contributed by atoms with Gasteiger partial charge in [-0.05, 0) is 28.9 Å². The van der Waals surface area contributed by atoms with Crippen molar-refractivity contribution in [2.75, 3.05) is 18.1 Å². The predicted molar refractivity (Wildman–Crippen MR) is 50.6 cm³/mol. The molecule has 0 aromatic carbocycles. The lowest BCUT2D eigenvalue weighted by atomic mass is 10.3.